The molecule has 1 aromatic rings. The van der Waals surface area contributed by atoms with Gasteiger partial charge in [0, 0.05) is 11.7 Å². The maximum absolute atomic E-state index is 3.82. The van der Waals surface area contributed by atoms with E-state index in [1.807, 2.05) is 0 Å². The maximum atomic E-state index is 3.82. The molecular formula is C16H23N. The molecule has 2 aliphatic carbocycles. The van der Waals surface area contributed by atoms with E-state index in [2.05, 4.69) is 30.4 Å². The normalized spacial score (nSPS) is 20.8. The van der Waals surface area contributed by atoms with E-state index in [1.165, 1.54) is 50.6 Å². The summed E-state index contributed by atoms with van der Waals surface area (Å²) in [6.45, 7) is 2.31. The number of fused-ring (bicyclic) bond motifs is 1. The molecule has 1 nitrogen and oxygen atoms in total. The Hall–Kier alpha value is -0.980. The average molecular weight is 229 g/mol. The summed E-state index contributed by atoms with van der Waals surface area (Å²) in [7, 11) is 0. The predicted octanol–water partition coefficient (Wildman–Crippen LogP) is 4.17. The van der Waals surface area contributed by atoms with Gasteiger partial charge in [0.1, 0.15) is 0 Å². The summed E-state index contributed by atoms with van der Waals surface area (Å²) < 4.78 is 0. The minimum atomic E-state index is 0.712. The van der Waals surface area contributed by atoms with Crippen LogP contribution in [0.1, 0.15) is 50.2 Å². The van der Waals surface area contributed by atoms with Gasteiger partial charge in [-0.15, -0.1) is 0 Å². The fourth-order valence-corrected chi connectivity index (χ4v) is 3.17. The second-order valence-corrected chi connectivity index (χ2v) is 5.65. The Bertz CT molecular complexity index is 393. The van der Waals surface area contributed by atoms with Gasteiger partial charge in [-0.05, 0) is 68.1 Å². The Kier molecular flexibility index (Phi) is 3.09. The monoisotopic (exact) mass is 229 g/mol. The fourth-order valence-electron chi connectivity index (χ4n) is 3.17. The molecule has 0 bridgehead atoms. The van der Waals surface area contributed by atoms with Crippen molar-refractivity contribution in [2.75, 3.05) is 5.32 Å². The third kappa shape index (κ3) is 2.34. The number of rotatable bonds is 4. The van der Waals surface area contributed by atoms with Crippen LogP contribution in [0.5, 0.6) is 0 Å². The predicted molar refractivity (Wildman–Crippen MR) is 73.5 cm³/mol. The molecular weight excluding hydrogens is 206 g/mol. The first-order valence-corrected chi connectivity index (χ1v) is 7.25. The lowest BCUT2D eigenvalue weighted by molar-refractivity contribution is 0.612. The molecule has 1 heteroatoms. The van der Waals surface area contributed by atoms with Gasteiger partial charge in [0.05, 0.1) is 0 Å². The standard InChI is InChI=1S/C16H23N/c1-2-15(13-10-11-13)17-16-9-5-7-12-6-3-4-8-14(12)16/h5,7,9,13,15,17H,2-4,6,8,10-11H2,1H3. The topological polar surface area (TPSA) is 12.0 Å². The SMILES string of the molecule is CCC(Nc1cccc2c1CCCC2)C1CC1. The zero-order valence-corrected chi connectivity index (χ0v) is 10.8. The molecule has 0 radical (unpaired) electrons. The first-order valence-electron chi connectivity index (χ1n) is 7.25. The lowest BCUT2D eigenvalue weighted by Gasteiger charge is -2.24. The van der Waals surface area contributed by atoms with Crippen molar-refractivity contribution in [3.05, 3.63) is 29.3 Å². The van der Waals surface area contributed by atoms with E-state index in [9.17, 15) is 0 Å². The van der Waals surface area contributed by atoms with E-state index in [1.54, 1.807) is 11.1 Å². The first kappa shape index (κ1) is 11.1. The highest BCUT2D eigenvalue weighted by molar-refractivity contribution is 5.56. The van der Waals surface area contributed by atoms with Crippen molar-refractivity contribution < 1.29 is 0 Å². The number of hydrogen-bond acceptors (Lipinski definition) is 1. The second kappa shape index (κ2) is 4.72. The summed E-state index contributed by atoms with van der Waals surface area (Å²) in [6, 6.07) is 7.54. The summed E-state index contributed by atoms with van der Waals surface area (Å²) >= 11 is 0. The molecule has 1 unspecified atom stereocenters. The summed E-state index contributed by atoms with van der Waals surface area (Å²) in [5.41, 5.74) is 4.63. The Morgan fingerprint density at radius 3 is 2.82 bits per heavy atom. The van der Waals surface area contributed by atoms with Gasteiger partial charge in [0.25, 0.3) is 0 Å². The quantitative estimate of drug-likeness (QED) is 0.817. The van der Waals surface area contributed by atoms with Crippen LogP contribution >= 0.6 is 0 Å². The van der Waals surface area contributed by atoms with E-state index in [-0.39, 0.29) is 0 Å². The molecule has 0 aromatic heterocycles. The van der Waals surface area contributed by atoms with Crippen molar-refractivity contribution >= 4 is 5.69 Å². The zero-order valence-electron chi connectivity index (χ0n) is 10.8. The van der Waals surface area contributed by atoms with Crippen LogP contribution in [0.3, 0.4) is 0 Å². The number of hydrogen-bond donors (Lipinski definition) is 1. The Morgan fingerprint density at radius 2 is 2.06 bits per heavy atom. The average Bonchev–Trinajstić information content (AvgIpc) is 3.20. The van der Waals surface area contributed by atoms with Crippen LogP contribution in [0.2, 0.25) is 0 Å². The van der Waals surface area contributed by atoms with E-state index < -0.39 is 0 Å². The molecule has 2 aliphatic rings. The lowest BCUT2D eigenvalue weighted by atomic mass is 9.90. The molecule has 1 fully saturated rings. The molecule has 1 N–H and O–H groups in total. The summed E-state index contributed by atoms with van der Waals surface area (Å²) in [5.74, 6) is 0.944. The van der Waals surface area contributed by atoms with Crippen LogP contribution < -0.4 is 5.32 Å². The van der Waals surface area contributed by atoms with E-state index in [0.29, 0.717) is 6.04 Å². The molecule has 3 rings (SSSR count). The molecule has 0 aliphatic heterocycles. The molecule has 1 aromatic carbocycles. The lowest BCUT2D eigenvalue weighted by Crippen LogP contribution is -2.22. The minimum Gasteiger partial charge on any atom is -0.382 e. The summed E-state index contributed by atoms with van der Waals surface area (Å²) in [6.07, 6.45) is 9.42. The van der Waals surface area contributed by atoms with Gasteiger partial charge in [-0.2, -0.15) is 0 Å². The van der Waals surface area contributed by atoms with Crippen molar-refractivity contribution in [2.24, 2.45) is 5.92 Å². The van der Waals surface area contributed by atoms with E-state index in [0.717, 1.165) is 5.92 Å². The van der Waals surface area contributed by atoms with Gasteiger partial charge in [-0.1, -0.05) is 19.1 Å². The van der Waals surface area contributed by atoms with Crippen LogP contribution in [0.25, 0.3) is 0 Å². The van der Waals surface area contributed by atoms with Gasteiger partial charge >= 0.3 is 0 Å². The van der Waals surface area contributed by atoms with Crippen molar-refractivity contribution in [3.8, 4) is 0 Å². The van der Waals surface area contributed by atoms with Gasteiger partial charge in [-0.25, -0.2) is 0 Å². The third-order valence-corrected chi connectivity index (χ3v) is 4.37. The number of benzene rings is 1. The number of anilines is 1. The van der Waals surface area contributed by atoms with Gasteiger partial charge in [-0.3, -0.25) is 0 Å². The van der Waals surface area contributed by atoms with Crippen LogP contribution in [0.4, 0.5) is 5.69 Å². The highest BCUT2D eigenvalue weighted by Crippen LogP contribution is 2.37. The van der Waals surface area contributed by atoms with Crippen molar-refractivity contribution in [1.29, 1.82) is 0 Å². The van der Waals surface area contributed by atoms with Gasteiger partial charge in [0.15, 0.2) is 0 Å². The van der Waals surface area contributed by atoms with E-state index >= 15 is 0 Å². The second-order valence-electron chi connectivity index (χ2n) is 5.65. The molecule has 1 saturated carbocycles. The van der Waals surface area contributed by atoms with Crippen molar-refractivity contribution in [2.45, 2.75) is 57.9 Å². The fraction of sp³-hybridized carbons (Fsp3) is 0.625. The summed E-state index contributed by atoms with van der Waals surface area (Å²) in [4.78, 5) is 0. The molecule has 92 valence electrons. The third-order valence-electron chi connectivity index (χ3n) is 4.37. The van der Waals surface area contributed by atoms with Crippen LogP contribution in [-0.2, 0) is 12.8 Å². The first-order chi connectivity index (χ1) is 8.38. The highest BCUT2D eigenvalue weighted by atomic mass is 14.9. The molecule has 1 atom stereocenters. The molecule has 17 heavy (non-hydrogen) atoms. The number of aryl methyl sites for hydroxylation is 1. The molecule has 0 spiro atoms. The smallest absolute Gasteiger partial charge is 0.0377 e. The Balaban J connectivity index is 1.81. The maximum Gasteiger partial charge on any atom is 0.0377 e. The largest absolute Gasteiger partial charge is 0.382 e. The van der Waals surface area contributed by atoms with E-state index in [4.69, 9.17) is 0 Å². The summed E-state index contributed by atoms with van der Waals surface area (Å²) in [5, 5.41) is 3.82. The van der Waals surface area contributed by atoms with Gasteiger partial charge in [0.2, 0.25) is 0 Å². The molecule has 0 saturated heterocycles. The molecule has 0 amide bonds. The van der Waals surface area contributed by atoms with Crippen molar-refractivity contribution in [1.82, 2.24) is 0 Å². The van der Waals surface area contributed by atoms with Crippen LogP contribution in [0, 0.1) is 5.92 Å². The van der Waals surface area contributed by atoms with Crippen LogP contribution in [-0.4, -0.2) is 6.04 Å². The highest BCUT2D eigenvalue weighted by Gasteiger charge is 2.30. The Morgan fingerprint density at radius 1 is 1.24 bits per heavy atom. The minimum absolute atomic E-state index is 0.712. The van der Waals surface area contributed by atoms with Crippen LogP contribution in [0.15, 0.2) is 18.2 Å². The molecule has 0 heterocycles. The van der Waals surface area contributed by atoms with Gasteiger partial charge < -0.3 is 5.32 Å². The Labute approximate surface area is 105 Å². The number of nitrogens with one attached hydrogen (secondary N) is 1. The van der Waals surface area contributed by atoms with Crippen molar-refractivity contribution in [3.63, 3.8) is 0 Å². The zero-order chi connectivity index (χ0) is 11.7.